The molecule has 1 unspecified atom stereocenters. The van der Waals surface area contributed by atoms with Crippen molar-refractivity contribution in [3.63, 3.8) is 0 Å². The molecule has 0 aliphatic heterocycles. The summed E-state index contributed by atoms with van der Waals surface area (Å²) in [6.45, 7) is 0. The molecule has 0 saturated heterocycles. The number of rotatable bonds is 1. The summed E-state index contributed by atoms with van der Waals surface area (Å²) in [5.41, 5.74) is 7.41. The molecule has 56 valence electrons. The quantitative estimate of drug-likeness (QED) is 0.548. The maximum atomic E-state index is 5.78. The van der Waals surface area contributed by atoms with Crippen molar-refractivity contribution in [3.8, 4) is 0 Å². The fraction of sp³-hybridized carbons (Fsp3) is 0.778. The van der Waals surface area contributed by atoms with Gasteiger partial charge >= 0.3 is 0 Å². The minimum Gasteiger partial charge on any atom is -0.327 e. The van der Waals surface area contributed by atoms with E-state index in [4.69, 9.17) is 5.73 Å². The molecule has 0 aromatic rings. The molecule has 0 aromatic carbocycles. The molecular weight excluding hydrogens is 122 g/mol. The third-order valence-corrected chi connectivity index (χ3v) is 2.45. The lowest BCUT2D eigenvalue weighted by Crippen LogP contribution is -2.13. The summed E-state index contributed by atoms with van der Waals surface area (Å²) in [5.74, 6) is 0.945. The van der Waals surface area contributed by atoms with Crippen LogP contribution >= 0.6 is 0 Å². The van der Waals surface area contributed by atoms with Crippen LogP contribution in [0.25, 0.3) is 0 Å². The van der Waals surface area contributed by atoms with Gasteiger partial charge in [0.05, 0.1) is 0 Å². The van der Waals surface area contributed by atoms with Gasteiger partial charge < -0.3 is 5.73 Å². The molecule has 2 aliphatic rings. The van der Waals surface area contributed by atoms with Gasteiger partial charge in [0.15, 0.2) is 0 Å². The Hall–Kier alpha value is -0.300. The van der Waals surface area contributed by atoms with E-state index in [9.17, 15) is 0 Å². The van der Waals surface area contributed by atoms with Gasteiger partial charge in [-0.1, -0.05) is 11.6 Å². The van der Waals surface area contributed by atoms with Crippen LogP contribution in [-0.4, -0.2) is 6.04 Å². The standard InChI is InChI=1S/C9H15N/c10-9-4-3-8(6-9)5-7-1-2-7/h5,7,9H,1-4,6,10H2. The Morgan fingerprint density at radius 2 is 2.10 bits per heavy atom. The fourth-order valence-electron chi connectivity index (χ4n) is 1.66. The molecule has 2 fully saturated rings. The Kier molecular flexibility index (Phi) is 1.53. The van der Waals surface area contributed by atoms with Gasteiger partial charge in [-0.15, -0.1) is 0 Å². The van der Waals surface area contributed by atoms with Crippen LogP contribution in [0.4, 0.5) is 0 Å². The van der Waals surface area contributed by atoms with Crippen LogP contribution in [0.5, 0.6) is 0 Å². The van der Waals surface area contributed by atoms with Crippen molar-refractivity contribution < 1.29 is 0 Å². The highest BCUT2D eigenvalue weighted by Gasteiger charge is 2.22. The van der Waals surface area contributed by atoms with Crippen molar-refractivity contribution in [2.45, 2.75) is 38.1 Å². The molecular formula is C9H15N. The lowest BCUT2D eigenvalue weighted by molar-refractivity contribution is 0.711. The Labute approximate surface area is 62.3 Å². The highest BCUT2D eigenvalue weighted by molar-refractivity contribution is 5.13. The van der Waals surface area contributed by atoms with E-state index in [1.807, 2.05) is 0 Å². The van der Waals surface area contributed by atoms with E-state index in [0.29, 0.717) is 6.04 Å². The first kappa shape index (κ1) is 6.41. The van der Waals surface area contributed by atoms with Gasteiger partial charge in [-0.2, -0.15) is 0 Å². The van der Waals surface area contributed by atoms with Gasteiger partial charge in [0.2, 0.25) is 0 Å². The number of hydrogen-bond acceptors (Lipinski definition) is 1. The summed E-state index contributed by atoms with van der Waals surface area (Å²) in [4.78, 5) is 0. The Bertz CT molecular complexity index is 156. The third kappa shape index (κ3) is 1.40. The molecule has 2 aliphatic carbocycles. The highest BCUT2D eigenvalue weighted by Crippen LogP contribution is 2.34. The van der Waals surface area contributed by atoms with Crippen LogP contribution in [0.1, 0.15) is 32.1 Å². The van der Waals surface area contributed by atoms with Gasteiger partial charge in [0.25, 0.3) is 0 Å². The molecule has 0 bridgehead atoms. The van der Waals surface area contributed by atoms with E-state index in [1.54, 1.807) is 5.57 Å². The highest BCUT2D eigenvalue weighted by atomic mass is 14.6. The van der Waals surface area contributed by atoms with Crippen molar-refractivity contribution in [2.75, 3.05) is 0 Å². The molecule has 2 rings (SSSR count). The average Bonchev–Trinajstić information content (AvgIpc) is 2.59. The van der Waals surface area contributed by atoms with Crippen LogP contribution in [0.2, 0.25) is 0 Å². The molecule has 1 heteroatoms. The summed E-state index contributed by atoms with van der Waals surface area (Å²) >= 11 is 0. The molecule has 0 amide bonds. The average molecular weight is 137 g/mol. The largest absolute Gasteiger partial charge is 0.327 e. The van der Waals surface area contributed by atoms with E-state index < -0.39 is 0 Å². The van der Waals surface area contributed by atoms with E-state index in [0.717, 1.165) is 5.92 Å². The van der Waals surface area contributed by atoms with Gasteiger partial charge in [-0.25, -0.2) is 0 Å². The SMILES string of the molecule is NC1CCC(=CC2CC2)C1. The first-order chi connectivity index (χ1) is 4.84. The molecule has 0 aromatic heterocycles. The summed E-state index contributed by atoms with van der Waals surface area (Å²) in [5, 5.41) is 0. The summed E-state index contributed by atoms with van der Waals surface area (Å²) in [6, 6.07) is 0.477. The van der Waals surface area contributed by atoms with Crippen molar-refractivity contribution in [1.29, 1.82) is 0 Å². The van der Waals surface area contributed by atoms with E-state index >= 15 is 0 Å². The maximum absolute atomic E-state index is 5.78. The summed E-state index contributed by atoms with van der Waals surface area (Å²) < 4.78 is 0. The Balaban J connectivity index is 1.92. The second-order valence-electron chi connectivity index (χ2n) is 3.67. The summed E-state index contributed by atoms with van der Waals surface area (Å²) in [7, 11) is 0. The Morgan fingerprint density at radius 3 is 2.60 bits per heavy atom. The molecule has 0 radical (unpaired) electrons. The smallest absolute Gasteiger partial charge is 0.00791 e. The zero-order valence-electron chi connectivity index (χ0n) is 6.34. The second kappa shape index (κ2) is 2.39. The summed E-state index contributed by atoms with van der Waals surface area (Å²) in [6.07, 6.45) is 9.00. The second-order valence-corrected chi connectivity index (χ2v) is 3.67. The normalized spacial score (nSPS) is 37.3. The molecule has 10 heavy (non-hydrogen) atoms. The maximum Gasteiger partial charge on any atom is 0.00791 e. The molecule has 0 heterocycles. The van der Waals surface area contributed by atoms with Crippen molar-refractivity contribution in [3.05, 3.63) is 11.6 Å². The van der Waals surface area contributed by atoms with Gasteiger partial charge in [-0.3, -0.25) is 0 Å². The van der Waals surface area contributed by atoms with Gasteiger partial charge in [0, 0.05) is 6.04 Å². The minimum absolute atomic E-state index is 0.477. The van der Waals surface area contributed by atoms with Crippen molar-refractivity contribution >= 4 is 0 Å². The first-order valence-electron chi connectivity index (χ1n) is 4.30. The molecule has 2 saturated carbocycles. The first-order valence-corrected chi connectivity index (χ1v) is 4.30. The lowest BCUT2D eigenvalue weighted by atomic mass is 10.2. The lowest BCUT2D eigenvalue weighted by Gasteiger charge is -1.95. The van der Waals surface area contributed by atoms with Crippen LogP contribution in [-0.2, 0) is 0 Å². The molecule has 2 N–H and O–H groups in total. The fourth-order valence-corrected chi connectivity index (χ4v) is 1.66. The van der Waals surface area contributed by atoms with E-state index in [2.05, 4.69) is 6.08 Å². The van der Waals surface area contributed by atoms with E-state index in [1.165, 1.54) is 32.1 Å². The van der Waals surface area contributed by atoms with Crippen LogP contribution in [0.15, 0.2) is 11.6 Å². The molecule has 1 nitrogen and oxygen atoms in total. The monoisotopic (exact) mass is 137 g/mol. The van der Waals surface area contributed by atoms with Crippen LogP contribution in [0, 0.1) is 5.92 Å². The predicted octanol–water partition coefficient (Wildman–Crippen LogP) is 1.83. The number of allylic oxidation sites excluding steroid dienone is 1. The minimum atomic E-state index is 0.477. The van der Waals surface area contributed by atoms with Crippen LogP contribution < -0.4 is 5.73 Å². The van der Waals surface area contributed by atoms with Gasteiger partial charge in [0.1, 0.15) is 0 Å². The topological polar surface area (TPSA) is 26.0 Å². The van der Waals surface area contributed by atoms with E-state index in [-0.39, 0.29) is 0 Å². The third-order valence-electron chi connectivity index (χ3n) is 2.45. The van der Waals surface area contributed by atoms with Crippen molar-refractivity contribution in [2.24, 2.45) is 11.7 Å². The zero-order chi connectivity index (χ0) is 6.97. The zero-order valence-corrected chi connectivity index (χ0v) is 6.34. The number of hydrogen-bond donors (Lipinski definition) is 1. The molecule has 0 spiro atoms. The number of nitrogens with two attached hydrogens (primary N) is 1. The Morgan fingerprint density at radius 1 is 1.30 bits per heavy atom. The van der Waals surface area contributed by atoms with Crippen molar-refractivity contribution in [1.82, 2.24) is 0 Å². The molecule has 1 atom stereocenters. The van der Waals surface area contributed by atoms with Gasteiger partial charge in [-0.05, 0) is 38.0 Å². The predicted molar refractivity (Wildman–Crippen MR) is 42.6 cm³/mol. The van der Waals surface area contributed by atoms with Crippen LogP contribution in [0.3, 0.4) is 0 Å².